The third kappa shape index (κ3) is 2.07. The van der Waals surface area contributed by atoms with Crippen molar-refractivity contribution < 1.29 is 0 Å². The maximum absolute atomic E-state index is 5.97. The maximum Gasteiger partial charge on any atom is 0.0393 e. The molecule has 0 aliphatic rings. The zero-order chi connectivity index (χ0) is 11.5. The van der Waals surface area contributed by atoms with Crippen molar-refractivity contribution in [3.8, 4) is 11.1 Å². The van der Waals surface area contributed by atoms with Crippen LogP contribution in [0.25, 0.3) is 11.1 Å². The second kappa shape index (κ2) is 4.62. The topological polar surface area (TPSA) is 26.0 Å². The Labute approximate surface area is 101 Å². The lowest BCUT2D eigenvalue weighted by Crippen LogP contribution is -1.90. The number of aryl methyl sites for hydroxylation is 1. The summed E-state index contributed by atoms with van der Waals surface area (Å²) in [5.74, 6) is 0. The Hall–Kier alpha value is -1.41. The standard InChI is InChI=1S/C14H15NS/c1-10-9-11(7-8-14(10)16-2)12-5-3-4-6-13(12)15/h3-9H,15H2,1-2H3. The zero-order valence-corrected chi connectivity index (χ0v) is 10.3. The van der Waals surface area contributed by atoms with Crippen molar-refractivity contribution in [2.24, 2.45) is 0 Å². The van der Waals surface area contributed by atoms with E-state index in [-0.39, 0.29) is 0 Å². The Bertz CT molecular complexity index is 506. The first-order valence-electron chi connectivity index (χ1n) is 5.22. The molecular weight excluding hydrogens is 214 g/mol. The summed E-state index contributed by atoms with van der Waals surface area (Å²) in [5.41, 5.74) is 10.4. The molecule has 0 unspecified atom stereocenters. The minimum Gasteiger partial charge on any atom is -0.398 e. The lowest BCUT2D eigenvalue weighted by molar-refractivity contribution is 1.31. The summed E-state index contributed by atoms with van der Waals surface area (Å²) in [6.07, 6.45) is 2.10. The van der Waals surface area contributed by atoms with Crippen LogP contribution in [0.1, 0.15) is 5.56 Å². The van der Waals surface area contributed by atoms with Crippen LogP contribution in [0, 0.1) is 6.92 Å². The smallest absolute Gasteiger partial charge is 0.0393 e. The Morgan fingerprint density at radius 2 is 1.81 bits per heavy atom. The number of hydrogen-bond donors (Lipinski definition) is 1. The van der Waals surface area contributed by atoms with Crippen molar-refractivity contribution >= 4 is 17.4 Å². The van der Waals surface area contributed by atoms with Crippen LogP contribution < -0.4 is 5.73 Å². The molecule has 0 bridgehead atoms. The molecule has 0 spiro atoms. The van der Waals surface area contributed by atoms with Crippen molar-refractivity contribution in [2.75, 3.05) is 12.0 Å². The number of para-hydroxylation sites is 1. The third-order valence-corrected chi connectivity index (χ3v) is 3.56. The van der Waals surface area contributed by atoms with E-state index in [2.05, 4.69) is 37.4 Å². The molecule has 0 aliphatic carbocycles. The Kier molecular flexibility index (Phi) is 3.20. The second-order valence-corrected chi connectivity index (χ2v) is 4.62. The minimum atomic E-state index is 0.832. The van der Waals surface area contributed by atoms with E-state index in [4.69, 9.17) is 5.73 Å². The lowest BCUT2D eigenvalue weighted by atomic mass is 10.0. The molecular formula is C14H15NS. The van der Waals surface area contributed by atoms with Crippen molar-refractivity contribution in [1.82, 2.24) is 0 Å². The molecule has 0 atom stereocenters. The van der Waals surface area contributed by atoms with Gasteiger partial charge in [-0.25, -0.2) is 0 Å². The third-order valence-electron chi connectivity index (χ3n) is 2.67. The van der Waals surface area contributed by atoms with Gasteiger partial charge >= 0.3 is 0 Å². The number of hydrogen-bond acceptors (Lipinski definition) is 2. The van der Waals surface area contributed by atoms with Gasteiger partial charge < -0.3 is 5.73 Å². The minimum absolute atomic E-state index is 0.832. The Morgan fingerprint density at radius 3 is 2.44 bits per heavy atom. The van der Waals surface area contributed by atoms with E-state index in [0.29, 0.717) is 0 Å². The van der Waals surface area contributed by atoms with E-state index in [9.17, 15) is 0 Å². The van der Waals surface area contributed by atoms with Gasteiger partial charge in [0.15, 0.2) is 0 Å². The van der Waals surface area contributed by atoms with Gasteiger partial charge in [0.2, 0.25) is 0 Å². The molecule has 2 heteroatoms. The van der Waals surface area contributed by atoms with Crippen molar-refractivity contribution in [1.29, 1.82) is 0 Å². The van der Waals surface area contributed by atoms with Crippen molar-refractivity contribution in [3.05, 3.63) is 48.0 Å². The average Bonchev–Trinajstić information content (AvgIpc) is 2.29. The average molecular weight is 229 g/mol. The highest BCUT2D eigenvalue weighted by atomic mass is 32.2. The van der Waals surface area contributed by atoms with Gasteiger partial charge in [-0.05, 0) is 36.4 Å². The van der Waals surface area contributed by atoms with Gasteiger partial charge in [0, 0.05) is 16.1 Å². The number of nitrogen functional groups attached to an aromatic ring is 1. The van der Waals surface area contributed by atoms with Crippen molar-refractivity contribution in [3.63, 3.8) is 0 Å². The fraction of sp³-hybridized carbons (Fsp3) is 0.143. The van der Waals surface area contributed by atoms with Crippen LogP contribution in [0.5, 0.6) is 0 Å². The van der Waals surface area contributed by atoms with Crippen LogP contribution in [0.15, 0.2) is 47.4 Å². The van der Waals surface area contributed by atoms with E-state index in [0.717, 1.165) is 11.3 Å². The number of rotatable bonds is 2. The summed E-state index contributed by atoms with van der Waals surface area (Å²) < 4.78 is 0. The number of benzene rings is 2. The highest BCUT2D eigenvalue weighted by Gasteiger charge is 2.03. The molecule has 16 heavy (non-hydrogen) atoms. The van der Waals surface area contributed by atoms with Gasteiger partial charge in [-0.3, -0.25) is 0 Å². The number of anilines is 1. The van der Waals surface area contributed by atoms with Crippen LogP contribution in [0.4, 0.5) is 5.69 Å². The Balaban J connectivity index is 2.50. The second-order valence-electron chi connectivity index (χ2n) is 3.77. The van der Waals surface area contributed by atoms with Crippen molar-refractivity contribution in [2.45, 2.75) is 11.8 Å². The summed E-state index contributed by atoms with van der Waals surface area (Å²) in [7, 11) is 0. The molecule has 0 fully saturated rings. The summed E-state index contributed by atoms with van der Waals surface area (Å²) >= 11 is 1.77. The lowest BCUT2D eigenvalue weighted by Gasteiger charge is -2.08. The zero-order valence-electron chi connectivity index (χ0n) is 9.53. The summed E-state index contributed by atoms with van der Waals surface area (Å²) in [5, 5.41) is 0. The molecule has 1 nitrogen and oxygen atoms in total. The van der Waals surface area contributed by atoms with Gasteiger partial charge in [-0.15, -0.1) is 11.8 Å². The quantitative estimate of drug-likeness (QED) is 0.623. The first-order chi connectivity index (χ1) is 7.72. The first kappa shape index (κ1) is 11.1. The molecule has 0 aliphatic heterocycles. The molecule has 2 aromatic rings. The van der Waals surface area contributed by atoms with Crippen LogP contribution in [-0.4, -0.2) is 6.26 Å². The van der Waals surface area contributed by atoms with Gasteiger partial charge in [-0.2, -0.15) is 0 Å². The fourth-order valence-electron chi connectivity index (χ4n) is 1.81. The summed E-state index contributed by atoms with van der Waals surface area (Å²) in [4.78, 5) is 1.32. The molecule has 0 aromatic heterocycles. The van der Waals surface area contributed by atoms with Crippen LogP contribution >= 0.6 is 11.8 Å². The largest absolute Gasteiger partial charge is 0.398 e. The molecule has 2 rings (SSSR count). The molecule has 0 heterocycles. The van der Waals surface area contributed by atoms with Gasteiger partial charge in [0.1, 0.15) is 0 Å². The van der Waals surface area contributed by atoms with Crippen LogP contribution in [-0.2, 0) is 0 Å². The van der Waals surface area contributed by atoms with E-state index < -0.39 is 0 Å². The molecule has 0 amide bonds. The molecule has 0 radical (unpaired) electrons. The van der Waals surface area contributed by atoms with E-state index >= 15 is 0 Å². The maximum atomic E-state index is 5.97. The highest BCUT2D eigenvalue weighted by molar-refractivity contribution is 7.98. The monoisotopic (exact) mass is 229 g/mol. The fourth-order valence-corrected chi connectivity index (χ4v) is 2.39. The highest BCUT2D eigenvalue weighted by Crippen LogP contribution is 2.29. The molecule has 0 saturated carbocycles. The van der Waals surface area contributed by atoms with E-state index in [1.54, 1.807) is 11.8 Å². The number of nitrogens with two attached hydrogens (primary N) is 1. The van der Waals surface area contributed by atoms with Crippen LogP contribution in [0.2, 0.25) is 0 Å². The predicted molar refractivity (Wildman–Crippen MR) is 72.8 cm³/mol. The van der Waals surface area contributed by atoms with Crippen LogP contribution in [0.3, 0.4) is 0 Å². The summed E-state index contributed by atoms with van der Waals surface area (Å²) in [6.45, 7) is 2.13. The van der Waals surface area contributed by atoms with Gasteiger partial charge in [-0.1, -0.05) is 30.3 Å². The van der Waals surface area contributed by atoms with E-state index in [1.807, 2.05) is 18.2 Å². The summed E-state index contributed by atoms with van der Waals surface area (Å²) in [6, 6.07) is 14.4. The SMILES string of the molecule is CSc1ccc(-c2ccccc2N)cc1C. The predicted octanol–water partition coefficient (Wildman–Crippen LogP) is 3.97. The van der Waals surface area contributed by atoms with E-state index in [1.165, 1.54) is 16.0 Å². The molecule has 0 saturated heterocycles. The first-order valence-corrected chi connectivity index (χ1v) is 6.44. The molecule has 2 aromatic carbocycles. The van der Waals surface area contributed by atoms with Gasteiger partial charge in [0.25, 0.3) is 0 Å². The molecule has 82 valence electrons. The molecule has 2 N–H and O–H groups in total. The van der Waals surface area contributed by atoms with Gasteiger partial charge in [0.05, 0.1) is 0 Å². The Morgan fingerprint density at radius 1 is 1.06 bits per heavy atom. The number of thioether (sulfide) groups is 1. The normalized spacial score (nSPS) is 10.4.